The summed E-state index contributed by atoms with van der Waals surface area (Å²) in [5.74, 6) is -0.882. The summed E-state index contributed by atoms with van der Waals surface area (Å²) in [6.45, 7) is 0. The molecular formula is C10H8Br2O2. The van der Waals surface area contributed by atoms with Crippen LogP contribution < -0.4 is 0 Å². The van der Waals surface area contributed by atoms with Crippen LogP contribution in [0.4, 0.5) is 0 Å². The highest BCUT2D eigenvalue weighted by Crippen LogP contribution is 2.36. The van der Waals surface area contributed by atoms with Gasteiger partial charge in [-0.25, -0.2) is 4.79 Å². The van der Waals surface area contributed by atoms with E-state index in [2.05, 4.69) is 31.9 Å². The lowest BCUT2D eigenvalue weighted by Gasteiger charge is -2.08. The summed E-state index contributed by atoms with van der Waals surface area (Å²) in [5.41, 5.74) is 2.75. The normalized spacial score (nSPS) is 14.1. The standard InChI is InChI=1S/C10H8Br2O2/c11-8-4-7(10(13)14)9(12)6-3-1-2-5(6)8/h4H,1-3H2,(H,13,14). The molecule has 0 bridgehead atoms. The fourth-order valence-corrected chi connectivity index (χ4v) is 3.23. The highest BCUT2D eigenvalue weighted by molar-refractivity contribution is 9.11. The van der Waals surface area contributed by atoms with Gasteiger partial charge in [0.25, 0.3) is 0 Å². The Balaban J connectivity index is 2.68. The van der Waals surface area contributed by atoms with Crippen molar-refractivity contribution in [1.29, 1.82) is 0 Å². The lowest BCUT2D eigenvalue weighted by atomic mass is 10.1. The molecule has 0 aromatic heterocycles. The van der Waals surface area contributed by atoms with Crippen LogP contribution >= 0.6 is 31.9 Å². The van der Waals surface area contributed by atoms with Gasteiger partial charge in [-0.2, -0.15) is 0 Å². The Morgan fingerprint density at radius 2 is 1.93 bits per heavy atom. The zero-order chi connectivity index (χ0) is 10.3. The van der Waals surface area contributed by atoms with Crippen molar-refractivity contribution in [1.82, 2.24) is 0 Å². The Labute approximate surface area is 98.6 Å². The van der Waals surface area contributed by atoms with E-state index in [-0.39, 0.29) is 0 Å². The molecule has 4 heteroatoms. The fraction of sp³-hybridized carbons (Fsp3) is 0.300. The summed E-state index contributed by atoms with van der Waals surface area (Å²) in [6.07, 6.45) is 3.11. The zero-order valence-electron chi connectivity index (χ0n) is 7.31. The van der Waals surface area contributed by atoms with E-state index >= 15 is 0 Å². The van der Waals surface area contributed by atoms with Gasteiger partial charge in [0, 0.05) is 8.95 Å². The van der Waals surface area contributed by atoms with E-state index in [1.165, 1.54) is 5.56 Å². The predicted molar refractivity (Wildman–Crippen MR) is 60.8 cm³/mol. The molecule has 0 heterocycles. The van der Waals surface area contributed by atoms with Crippen LogP contribution in [-0.4, -0.2) is 11.1 Å². The van der Waals surface area contributed by atoms with Gasteiger partial charge in [-0.15, -0.1) is 0 Å². The number of hydrogen-bond donors (Lipinski definition) is 1. The van der Waals surface area contributed by atoms with Gasteiger partial charge in [0.05, 0.1) is 5.56 Å². The number of carboxylic acids is 1. The van der Waals surface area contributed by atoms with Gasteiger partial charge in [0.2, 0.25) is 0 Å². The van der Waals surface area contributed by atoms with E-state index in [4.69, 9.17) is 5.11 Å². The van der Waals surface area contributed by atoms with Crippen LogP contribution in [0, 0.1) is 0 Å². The van der Waals surface area contributed by atoms with Crippen molar-refractivity contribution >= 4 is 37.8 Å². The number of carboxylic acid groups (broad SMARTS) is 1. The molecule has 0 saturated carbocycles. The number of rotatable bonds is 1. The number of hydrogen-bond acceptors (Lipinski definition) is 1. The summed E-state index contributed by atoms with van der Waals surface area (Å²) in [5, 5.41) is 8.97. The van der Waals surface area contributed by atoms with Crippen molar-refractivity contribution in [3.8, 4) is 0 Å². The first-order valence-electron chi connectivity index (χ1n) is 4.34. The van der Waals surface area contributed by atoms with Crippen LogP contribution in [0.15, 0.2) is 15.0 Å². The molecular weight excluding hydrogens is 312 g/mol. The van der Waals surface area contributed by atoms with E-state index in [0.717, 1.165) is 33.8 Å². The topological polar surface area (TPSA) is 37.3 Å². The average molecular weight is 320 g/mol. The third-order valence-electron chi connectivity index (χ3n) is 2.51. The lowest BCUT2D eigenvalue weighted by Crippen LogP contribution is -2.01. The van der Waals surface area contributed by atoms with Gasteiger partial charge in [-0.3, -0.25) is 0 Å². The molecule has 0 fully saturated rings. The third kappa shape index (κ3) is 1.50. The molecule has 1 aliphatic carbocycles. The molecule has 1 aromatic rings. The summed E-state index contributed by atoms with van der Waals surface area (Å²) in [4.78, 5) is 10.9. The molecule has 0 radical (unpaired) electrons. The second-order valence-electron chi connectivity index (χ2n) is 3.34. The number of halogens is 2. The predicted octanol–water partition coefficient (Wildman–Crippen LogP) is 3.40. The largest absolute Gasteiger partial charge is 0.478 e. The molecule has 2 nitrogen and oxygen atoms in total. The maximum absolute atomic E-state index is 10.9. The van der Waals surface area contributed by atoms with Crippen molar-refractivity contribution in [3.63, 3.8) is 0 Å². The zero-order valence-corrected chi connectivity index (χ0v) is 10.5. The van der Waals surface area contributed by atoms with Crippen molar-refractivity contribution in [2.24, 2.45) is 0 Å². The molecule has 0 unspecified atom stereocenters. The maximum atomic E-state index is 10.9. The highest BCUT2D eigenvalue weighted by atomic mass is 79.9. The third-order valence-corrected chi connectivity index (χ3v) is 4.12. The SMILES string of the molecule is O=C(O)c1cc(Br)c2c(c1Br)CCC2. The Hall–Kier alpha value is -0.350. The number of carbonyl (C=O) groups is 1. The average Bonchev–Trinajstić information content (AvgIpc) is 2.59. The van der Waals surface area contributed by atoms with E-state index in [0.29, 0.717) is 5.56 Å². The minimum absolute atomic E-state index is 0.345. The molecule has 1 aliphatic rings. The first-order valence-corrected chi connectivity index (χ1v) is 5.93. The summed E-state index contributed by atoms with van der Waals surface area (Å²) in [7, 11) is 0. The van der Waals surface area contributed by atoms with E-state index in [1.807, 2.05) is 0 Å². The second-order valence-corrected chi connectivity index (χ2v) is 4.98. The van der Waals surface area contributed by atoms with Gasteiger partial charge >= 0.3 is 5.97 Å². The van der Waals surface area contributed by atoms with Crippen LogP contribution in [-0.2, 0) is 12.8 Å². The Morgan fingerprint density at radius 3 is 2.57 bits per heavy atom. The van der Waals surface area contributed by atoms with Crippen molar-refractivity contribution < 1.29 is 9.90 Å². The molecule has 0 spiro atoms. The number of benzene rings is 1. The van der Waals surface area contributed by atoms with Crippen LogP contribution in [0.2, 0.25) is 0 Å². The van der Waals surface area contributed by atoms with Crippen LogP contribution in [0.3, 0.4) is 0 Å². The fourth-order valence-electron chi connectivity index (χ4n) is 1.84. The molecule has 2 rings (SSSR count). The molecule has 14 heavy (non-hydrogen) atoms. The van der Waals surface area contributed by atoms with Crippen LogP contribution in [0.1, 0.15) is 27.9 Å². The summed E-state index contributed by atoms with van der Waals surface area (Å²) in [6, 6.07) is 1.68. The number of aromatic carboxylic acids is 1. The van der Waals surface area contributed by atoms with Crippen molar-refractivity contribution in [2.75, 3.05) is 0 Å². The smallest absolute Gasteiger partial charge is 0.336 e. The second kappa shape index (κ2) is 3.66. The minimum Gasteiger partial charge on any atom is -0.478 e. The number of fused-ring (bicyclic) bond motifs is 1. The highest BCUT2D eigenvalue weighted by Gasteiger charge is 2.22. The van der Waals surface area contributed by atoms with Gasteiger partial charge in [0.15, 0.2) is 0 Å². The van der Waals surface area contributed by atoms with Gasteiger partial charge in [0.1, 0.15) is 0 Å². The molecule has 1 aromatic carbocycles. The molecule has 0 saturated heterocycles. The van der Waals surface area contributed by atoms with Crippen LogP contribution in [0.25, 0.3) is 0 Å². The first-order chi connectivity index (χ1) is 6.61. The van der Waals surface area contributed by atoms with E-state index < -0.39 is 5.97 Å². The molecule has 0 aliphatic heterocycles. The van der Waals surface area contributed by atoms with E-state index in [9.17, 15) is 4.79 Å². The first kappa shape index (κ1) is 10.2. The van der Waals surface area contributed by atoms with E-state index in [1.54, 1.807) is 6.07 Å². The molecule has 74 valence electrons. The monoisotopic (exact) mass is 318 g/mol. The van der Waals surface area contributed by atoms with Crippen molar-refractivity contribution in [3.05, 3.63) is 31.7 Å². The Kier molecular flexibility index (Phi) is 2.66. The van der Waals surface area contributed by atoms with Gasteiger partial charge < -0.3 is 5.11 Å². The molecule has 1 N–H and O–H groups in total. The van der Waals surface area contributed by atoms with Gasteiger partial charge in [-0.1, -0.05) is 15.9 Å². The van der Waals surface area contributed by atoms with Crippen molar-refractivity contribution in [2.45, 2.75) is 19.3 Å². The summed E-state index contributed by atoms with van der Waals surface area (Å²) < 4.78 is 1.67. The maximum Gasteiger partial charge on any atom is 0.336 e. The lowest BCUT2D eigenvalue weighted by molar-refractivity contribution is 0.0695. The molecule has 0 amide bonds. The van der Waals surface area contributed by atoms with Crippen LogP contribution in [0.5, 0.6) is 0 Å². The minimum atomic E-state index is -0.882. The van der Waals surface area contributed by atoms with Gasteiger partial charge in [-0.05, 0) is 52.4 Å². The Bertz CT molecular complexity index is 413. The summed E-state index contributed by atoms with van der Waals surface area (Å²) >= 11 is 6.78. The quantitative estimate of drug-likeness (QED) is 0.861. The Morgan fingerprint density at radius 1 is 1.29 bits per heavy atom. The molecule has 0 atom stereocenters.